The minimum absolute atomic E-state index is 0.0195. The van der Waals surface area contributed by atoms with Crippen molar-refractivity contribution in [2.24, 2.45) is 5.92 Å². The lowest BCUT2D eigenvalue weighted by molar-refractivity contribution is -0.136. The third kappa shape index (κ3) is 3.90. The highest BCUT2D eigenvalue weighted by Gasteiger charge is 2.32. The zero-order valence-corrected chi connectivity index (χ0v) is 13.4. The predicted octanol–water partition coefficient (Wildman–Crippen LogP) is 1.31. The molecule has 2 amide bonds. The fourth-order valence-corrected chi connectivity index (χ4v) is 3.10. The first-order chi connectivity index (χ1) is 11.6. The van der Waals surface area contributed by atoms with Gasteiger partial charge < -0.3 is 10.2 Å². The SMILES string of the molecule is O=CNC(C(=O)N1CCN(CC2CC2)CC1)c1ccc(F)cc1F. The van der Waals surface area contributed by atoms with Crippen LogP contribution < -0.4 is 5.32 Å². The van der Waals surface area contributed by atoms with Crippen molar-refractivity contribution in [1.29, 1.82) is 0 Å². The molecule has 1 aromatic carbocycles. The molecule has 0 bridgehead atoms. The number of carbonyl (C=O) groups excluding carboxylic acids is 2. The number of hydrogen-bond acceptors (Lipinski definition) is 3. The van der Waals surface area contributed by atoms with E-state index in [0.29, 0.717) is 19.5 Å². The number of rotatable bonds is 6. The molecule has 130 valence electrons. The predicted molar refractivity (Wildman–Crippen MR) is 84.0 cm³/mol. The summed E-state index contributed by atoms with van der Waals surface area (Å²) in [4.78, 5) is 27.5. The van der Waals surface area contributed by atoms with Crippen LogP contribution >= 0.6 is 0 Å². The Morgan fingerprint density at radius 3 is 2.54 bits per heavy atom. The van der Waals surface area contributed by atoms with Crippen molar-refractivity contribution >= 4 is 12.3 Å². The van der Waals surface area contributed by atoms with Crippen LogP contribution in [0.4, 0.5) is 8.78 Å². The Hall–Kier alpha value is -2.02. The highest BCUT2D eigenvalue weighted by atomic mass is 19.1. The molecule has 24 heavy (non-hydrogen) atoms. The highest BCUT2D eigenvalue weighted by molar-refractivity contribution is 5.85. The van der Waals surface area contributed by atoms with E-state index < -0.39 is 17.7 Å². The van der Waals surface area contributed by atoms with E-state index in [1.54, 1.807) is 4.90 Å². The van der Waals surface area contributed by atoms with Crippen LogP contribution in [0.25, 0.3) is 0 Å². The second kappa shape index (κ2) is 7.25. The van der Waals surface area contributed by atoms with Gasteiger partial charge in [0.05, 0.1) is 0 Å². The second-order valence-electron chi connectivity index (χ2n) is 6.45. The van der Waals surface area contributed by atoms with Gasteiger partial charge in [-0.25, -0.2) is 8.78 Å². The molecule has 3 rings (SSSR count). The average molecular weight is 337 g/mol. The van der Waals surface area contributed by atoms with Gasteiger partial charge in [-0.3, -0.25) is 14.5 Å². The number of halogens is 2. The van der Waals surface area contributed by atoms with Gasteiger partial charge >= 0.3 is 0 Å². The lowest BCUT2D eigenvalue weighted by atomic mass is 10.0. The summed E-state index contributed by atoms with van der Waals surface area (Å²) in [6.07, 6.45) is 2.94. The van der Waals surface area contributed by atoms with Crippen LogP contribution in [-0.4, -0.2) is 54.8 Å². The molecule has 0 spiro atoms. The molecule has 5 nitrogen and oxygen atoms in total. The van der Waals surface area contributed by atoms with Crippen molar-refractivity contribution in [3.8, 4) is 0 Å². The molecule has 1 heterocycles. The summed E-state index contributed by atoms with van der Waals surface area (Å²) in [6, 6.07) is 1.87. The number of benzene rings is 1. The van der Waals surface area contributed by atoms with Crippen molar-refractivity contribution < 1.29 is 18.4 Å². The van der Waals surface area contributed by atoms with Crippen molar-refractivity contribution in [2.45, 2.75) is 18.9 Å². The molecule has 1 aliphatic heterocycles. The van der Waals surface area contributed by atoms with Crippen LogP contribution in [0.15, 0.2) is 18.2 Å². The Balaban J connectivity index is 1.66. The smallest absolute Gasteiger partial charge is 0.249 e. The Bertz CT molecular complexity index is 614. The van der Waals surface area contributed by atoms with E-state index in [1.807, 2.05) is 0 Å². The number of hydrogen-bond donors (Lipinski definition) is 1. The third-order valence-electron chi connectivity index (χ3n) is 4.65. The zero-order valence-electron chi connectivity index (χ0n) is 13.4. The molecule has 1 N–H and O–H groups in total. The standard InChI is InChI=1S/C17H21F2N3O2/c18-13-3-4-14(15(19)9-13)16(20-11-23)17(24)22-7-5-21(6-8-22)10-12-1-2-12/h3-4,9,11-12,16H,1-2,5-8,10H2,(H,20,23). The number of carbonyl (C=O) groups is 2. The lowest BCUT2D eigenvalue weighted by Crippen LogP contribution is -2.51. The average Bonchev–Trinajstić information content (AvgIpc) is 3.37. The molecule has 2 aliphatic rings. The van der Waals surface area contributed by atoms with Crippen LogP contribution in [0, 0.1) is 17.6 Å². The maximum atomic E-state index is 14.0. The van der Waals surface area contributed by atoms with Gasteiger partial charge in [-0.1, -0.05) is 6.07 Å². The van der Waals surface area contributed by atoms with Crippen LogP contribution in [0.3, 0.4) is 0 Å². The summed E-state index contributed by atoms with van der Waals surface area (Å²) in [7, 11) is 0. The van der Waals surface area contributed by atoms with Crippen molar-refractivity contribution in [3.63, 3.8) is 0 Å². The maximum Gasteiger partial charge on any atom is 0.249 e. The van der Waals surface area contributed by atoms with Gasteiger partial charge in [-0.2, -0.15) is 0 Å². The van der Waals surface area contributed by atoms with Gasteiger partial charge in [-0.15, -0.1) is 0 Å². The zero-order chi connectivity index (χ0) is 17.1. The van der Waals surface area contributed by atoms with Gasteiger partial charge in [0.1, 0.15) is 17.7 Å². The molecule has 0 radical (unpaired) electrons. The molecule has 2 fully saturated rings. The monoisotopic (exact) mass is 337 g/mol. The first-order valence-electron chi connectivity index (χ1n) is 8.24. The molecule has 1 aliphatic carbocycles. The Morgan fingerprint density at radius 1 is 1.25 bits per heavy atom. The summed E-state index contributed by atoms with van der Waals surface area (Å²) < 4.78 is 27.1. The van der Waals surface area contributed by atoms with E-state index in [0.717, 1.165) is 37.7 Å². The van der Waals surface area contributed by atoms with E-state index >= 15 is 0 Å². The fourth-order valence-electron chi connectivity index (χ4n) is 3.10. The first kappa shape index (κ1) is 16.8. The summed E-state index contributed by atoms with van der Waals surface area (Å²) in [5, 5.41) is 2.36. The number of amides is 2. The number of piperazine rings is 1. The quantitative estimate of drug-likeness (QED) is 0.797. The summed E-state index contributed by atoms with van der Waals surface area (Å²) in [6.45, 7) is 3.73. The van der Waals surface area contributed by atoms with E-state index in [4.69, 9.17) is 0 Å². The van der Waals surface area contributed by atoms with Crippen molar-refractivity contribution in [3.05, 3.63) is 35.4 Å². The molecule has 1 saturated carbocycles. The van der Waals surface area contributed by atoms with Gasteiger partial charge in [0.2, 0.25) is 12.3 Å². The van der Waals surface area contributed by atoms with E-state index in [1.165, 1.54) is 18.9 Å². The Morgan fingerprint density at radius 2 is 1.96 bits per heavy atom. The highest BCUT2D eigenvalue weighted by Crippen LogP contribution is 2.30. The molecule has 1 aromatic rings. The second-order valence-corrected chi connectivity index (χ2v) is 6.45. The molecule has 0 aromatic heterocycles. The van der Waals surface area contributed by atoms with Crippen LogP contribution in [-0.2, 0) is 9.59 Å². The van der Waals surface area contributed by atoms with Crippen LogP contribution in [0.1, 0.15) is 24.4 Å². The van der Waals surface area contributed by atoms with Gasteiger partial charge in [0, 0.05) is 44.4 Å². The fraction of sp³-hybridized carbons (Fsp3) is 0.529. The molecular weight excluding hydrogens is 316 g/mol. The minimum atomic E-state index is -1.13. The number of nitrogens with zero attached hydrogens (tertiary/aromatic N) is 2. The third-order valence-corrected chi connectivity index (χ3v) is 4.65. The molecule has 7 heteroatoms. The molecule has 1 unspecified atom stereocenters. The first-order valence-corrected chi connectivity index (χ1v) is 8.24. The maximum absolute atomic E-state index is 14.0. The Labute approximate surface area is 139 Å². The van der Waals surface area contributed by atoms with Crippen molar-refractivity contribution in [1.82, 2.24) is 15.1 Å². The van der Waals surface area contributed by atoms with Crippen LogP contribution in [0.5, 0.6) is 0 Å². The topological polar surface area (TPSA) is 52.7 Å². The van der Waals surface area contributed by atoms with Crippen molar-refractivity contribution in [2.75, 3.05) is 32.7 Å². The van der Waals surface area contributed by atoms with Crippen LogP contribution in [0.2, 0.25) is 0 Å². The van der Waals surface area contributed by atoms with E-state index in [-0.39, 0.29) is 11.5 Å². The molecular formula is C17H21F2N3O2. The molecule has 1 atom stereocenters. The normalized spacial score (nSPS) is 19.8. The van der Waals surface area contributed by atoms with Gasteiger partial charge in [0.25, 0.3) is 0 Å². The Kier molecular flexibility index (Phi) is 5.08. The largest absolute Gasteiger partial charge is 0.343 e. The summed E-state index contributed by atoms with van der Waals surface area (Å²) >= 11 is 0. The van der Waals surface area contributed by atoms with E-state index in [2.05, 4.69) is 10.2 Å². The lowest BCUT2D eigenvalue weighted by Gasteiger charge is -2.36. The minimum Gasteiger partial charge on any atom is -0.343 e. The summed E-state index contributed by atoms with van der Waals surface area (Å²) in [5.41, 5.74) is -0.0195. The van der Waals surface area contributed by atoms with Gasteiger partial charge in [-0.05, 0) is 24.8 Å². The van der Waals surface area contributed by atoms with E-state index in [9.17, 15) is 18.4 Å². The van der Waals surface area contributed by atoms with Gasteiger partial charge in [0.15, 0.2) is 0 Å². The number of nitrogens with one attached hydrogen (secondary N) is 1. The summed E-state index contributed by atoms with van der Waals surface area (Å²) in [5.74, 6) is -1.12. The molecule has 1 saturated heterocycles.